The maximum Gasteiger partial charge on any atom is 0.123 e. The molecule has 2 aliphatic heterocycles. The van der Waals surface area contributed by atoms with Crippen LogP contribution in [0.1, 0.15) is 49.3 Å². The molecule has 2 N–H and O–H groups in total. The van der Waals surface area contributed by atoms with E-state index in [4.69, 9.17) is 0 Å². The first-order valence-corrected chi connectivity index (χ1v) is 9.05. The van der Waals surface area contributed by atoms with E-state index < -0.39 is 6.10 Å². The first-order chi connectivity index (χ1) is 12.1. The van der Waals surface area contributed by atoms with Crippen molar-refractivity contribution in [3.05, 3.63) is 77.6 Å². The van der Waals surface area contributed by atoms with E-state index in [1.54, 1.807) is 6.07 Å². The van der Waals surface area contributed by atoms with Crippen molar-refractivity contribution in [2.45, 2.75) is 49.3 Å². The fraction of sp³-hybridized carbons (Fsp3) is 0.364. The molecular weight excluding hydrogens is 313 g/mol. The summed E-state index contributed by atoms with van der Waals surface area (Å²) in [4.78, 5) is 0. The number of aliphatic hydroxyl groups excluding tert-OH is 1. The molecule has 25 heavy (non-hydrogen) atoms. The van der Waals surface area contributed by atoms with Gasteiger partial charge in [0.25, 0.3) is 0 Å². The van der Waals surface area contributed by atoms with Crippen LogP contribution in [0, 0.1) is 5.82 Å². The van der Waals surface area contributed by atoms with E-state index in [-0.39, 0.29) is 16.9 Å². The maximum atomic E-state index is 13.5. The van der Waals surface area contributed by atoms with E-state index in [1.165, 1.54) is 17.7 Å². The molecule has 3 heteroatoms. The Labute approximate surface area is 148 Å². The van der Waals surface area contributed by atoms with Crippen molar-refractivity contribution in [1.82, 2.24) is 5.32 Å². The second-order valence-electron chi connectivity index (χ2n) is 7.54. The molecule has 0 spiro atoms. The largest absolute Gasteiger partial charge is 0.386 e. The molecule has 2 aliphatic rings. The van der Waals surface area contributed by atoms with Crippen LogP contribution >= 0.6 is 0 Å². The summed E-state index contributed by atoms with van der Waals surface area (Å²) >= 11 is 0. The predicted molar refractivity (Wildman–Crippen MR) is 98.5 cm³/mol. The number of halogens is 1. The Kier molecular flexibility index (Phi) is 4.22. The van der Waals surface area contributed by atoms with Gasteiger partial charge in [-0.3, -0.25) is 0 Å². The Morgan fingerprint density at radius 3 is 2.52 bits per heavy atom. The summed E-state index contributed by atoms with van der Waals surface area (Å²) in [5.41, 5.74) is 1.64. The van der Waals surface area contributed by atoms with Gasteiger partial charge in [0.1, 0.15) is 5.82 Å². The third-order valence-electron chi connectivity index (χ3n) is 5.92. The molecule has 2 bridgehead atoms. The lowest BCUT2D eigenvalue weighted by Crippen LogP contribution is -2.46. The molecule has 0 unspecified atom stereocenters. The van der Waals surface area contributed by atoms with Crippen molar-refractivity contribution >= 4 is 6.08 Å². The summed E-state index contributed by atoms with van der Waals surface area (Å²) in [6, 6.07) is 16.7. The lowest BCUT2D eigenvalue weighted by Gasteiger charge is -2.32. The number of hydrogen-bond acceptors (Lipinski definition) is 2. The molecule has 0 saturated carbocycles. The molecule has 0 aliphatic carbocycles. The molecule has 0 aromatic heterocycles. The number of hydrogen-bond donors (Lipinski definition) is 2. The van der Waals surface area contributed by atoms with E-state index in [2.05, 4.69) is 29.6 Å². The highest BCUT2D eigenvalue weighted by Crippen LogP contribution is 2.52. The van der Waals surface area contributed by atoms with Crippen molar-refractivity contribution in [3.8, 4) is 0 Å². The Bertz CT molecular complexity index is 763. The van der Waals surface area contributed by atoms with Gasteiger partial charge in [-0.2, -0.15) is 0 Å². The average Bonchev–Trinajstić information content (AvgIpc) is 3.19. The van der Waals surface area contributed by atoms with Gasteiger partial charge >= 0.3 is 0 Å². The standard InChI is InChI=1S/C22H24FNO/c23-19-10-4-9-18(16-19)20(25)22-14-12-21(24-22,13-15-22)11-5-8-17-6-2-1-3-7-17/h1-10,16,20,24-25H,11-15H2/b8-5+/t20-,21?,22?/m1/s1. The van der Waals surface area contributed by atoms with Crippen LogP contribution in [0.15, 0.2) is 60.7 Å². The van der Waals surface area contributed by atoms with E-state index in [1.807, 2.05) is 24.3 Å². The summed E-state index contributed by atoms with van der Waals surface area (Å²) < 4.78 is 13.5. The number of fused-ring (bicyclic) bond motifs is 2. The Balaban J connectivity index is 1.46. The van der Waals surface area contributed by atoms with E-state index in [0.29, 0.717) is 5.56 Å². The van der Waals surface area contributed by atoms with Crippen molar-refractivity contribution < 1.29 is 9.50 Å². The van der Waals surface area contributed by atoms with Crippen LogP contribution in [-0.4, -0.2) is 16.2 Å². The molecular formula is C22H24FNO. The summed E-state index contributed by atoms with van der Waals surface area (Å²) in [5.74, 6) is -0.291. The zero-order valence-corrected chi connectivity index (χ0v) is 14.3. The van der Waals surface area contributed by atoms with Crippen molar-refractivity contribution in [3.63, 3.8) is 0 Å². The molecule has 2 aromatic carbocycles. The van der Waals surface area contributed by atoms with Gasteiger partial charge in [0.2, 0.25) is 0 Å². The number of nitrogens with one attached hydrogen (secondary N) is 1. The highest BCUT2D eigenvalue weighted by atomic mass is 19.1. The SMILES string of the molecule is O[C@H](c1cccc(F)c1)C12CCC(C/C=C/c3ccccc3)(CC1)N2. The van der Waals surface area contributed by atoms with Gasteiger partial charge < -0.3 is 10.4 Å². The van der Waals surface area contributed by atoms with Gasteiger partial charge in [0.15, 0.2) is 0 Å². The lowest BCUT2D eigenvalue weighted by molar-refractivity contribution is 0.0734. The monoisotopic (exact) mass is 337 g/mol. The molecule has 2 heterocycles. The van der Waals surface area contributed by atoms with Crippen LogP contribution in [0.4, 0.5) is 4.39 Å². The molecule has 2 aromatic rings. The summed E-state index contributed by atoms with van der Waals surface area (Å²) in [5, 5.41) is 14.6. The maximum absolute atomic E-state index is 13.5. The average molecular weight is 337 g/mol. The van der Waals surface area contributed by atoms with Gasteiger partial charge in [-0.15, -0.1) is 0 Å². The fourth-order valence-corrected chi connectivity index (χ4v) is 4.53. The summed E-state index contributed by atoms with van der Waals surface area (Å²) in [6.07, 6.45) is 8.67. The zero-order chi connectivity index (χ0) is 17.3. The zero-order valence-electron chi connectivity index (χ0n) is 14.3. The highest BCUT2D eigenvalue weighted by molar-refractivity contribution is 5.49. The summed E-state index contributed by atoms with van der Waals surface area (Å²) in [6.45, 7) is 0. The number of rotatable bonds is 5. The third kappa shape index (κ3) is 3.14. The molecule has 2 saturated heterocycles. The van der Waals surface area contributed by atoms with E-state index >= 15 is 0 Å². The van der Waals surface area contributed by atoms with E-state index in [9.17, 15) is 9.50 Å². The highest BCUT2D eigenvalue weighted by Gasteiger charge is 2.56. The van der Waals surface area contributed by atoms with Crippen LogP contribution in [-0.2, 0) is 0 Å². The summed E-state index contributed by atoms with van der Waals surface area (Å²) in [7, 11) is 0. The predicted octanol–water partition coefficient (Wildman–Crippen LogP) is 4.62. The normalized spacial score (nSPS) is 29.4. The molecule has 0 radical (unpaired) electrons. The van der Waals surface area contributed by atoms with Crippen LogP contribution in [0.3, 0.4) is 0 Å². The number of benzene rings is 2. The Hall–Kier alpha value is -1.97. The smallest absolute Gasteiger partial charge is 0.123 e. The van der Waals surface area contributed by atoms with Crippen molar-refractivity contribution in [2.24, 2.45) is 0 Å². The second kappa shape index (κ2) is 6.40. The first kappa shape index (κ1) is 16.5. The van der Waals surface area contributed by atoms with E-state index in [0.717, 1.165) is 32.1 Å². The topological polar surface area (TPSA) is 32.3 Å². The molecule has 0 amide bonds. The quantitative estimate of drug-likeness (QED) is 0.834. The van der Waals surface area contributed by atoms with Gasteiger partial charge in [0.05, 0.1) is 6.10 Å². The first-order valence-electron chi connectivity index (χ1n) is 9.05. The Morgan fingerprint density at radius 2 is 1.80 bits per heavy atom. The minimum Gasteiger partial charge on any atom is -0.386 e. The van der Waals surface area contributed by atoms with Crippen LogP contribution in [0.2, 0.25) is 0 Å². The van der Waals surface area contributed by atoms with Crippen molar-refractivity contribution in [2.75, 3.05) is 0 Å². The van der Waals surface area contributed by atoms with Gasteiger partial charge in [-0.25, -0.2) is 4.39 Å². The fourth-order valence-electron chi connectivity index (χ4n) is 4.53. The van der Waals surface area contributed by atoms with Gasteiger partial charge in [-0.05, 0) is 55.4 Å². The molecule has 1 atom stereocenters. The van der Waals surface area contributed by atoms with Crippen LogP contribution in [0.25, 0.3) is 6.08 Å². The van der Waals surface area contributed by atoms with Crippen LogP contribution < -0.4 is 5.32 Å². The van der Waals surface area contributed by atoms with Gasteiger partial charge in [0, 0.05) is 11.1 Å². The van der Waals surface area contributed by atoms with Crippen molar-refractivity contribution in [1.29, 1.82) is 0 Å². The third-order valence-corrected chi connectivity index (χ3v) is 5.92. The molecule has 130 valence electrons. The molecule has 2 nitrogen and oxygen atoms in total. The minimum atomic E-state index is -0.661. The second-order valence-corrected chi connectivity index (χ2v) is 7.54. The minimum absolute atomic E-state index is 0.0690. The van der Waals surface area contributed by atoms with Crippen LogP contribution in [0.5, 0.6) is 0 Å². The van der Waals surface area contributed by atoms with Gasteiger partial charge in [-0.1, -0.05) is 54.6 Å². The number of aliphatic hydroxyl groups is 1. The molecule has 4 rings (SSSR count). The lowest BCUT2D eigenvalue weighted by atomic mass is 9.76. The Morgan fingerprint density at radius 1 is 1.04 bits per heavy atom. The molecule has 2 fully saturated rings.